The number of fused-ring (bicyclic) bond motifs is 1. The first kappa shape index (κ1) is 14.9. The molecule has 22 heavy (non-hydrogen) atoms. The van der Waals surface area contributed by atoms with Crippen LogP contribution in [0.25, 0.3) is 0 Å². The average Bonchev–Trinajstić information content (AvgIpc) is 2.97. The molecule has 114 valence electrons. The van der Waals surface area contributed by atoms with Gasteiger partial charge in [0.15, 0.2) is 6.20 Å². The van der Waals surface area contributed by atoms with Gasteiger partial charge in [0.2, 0.25) is 5.91 Å². The standard InChI is InChI=1S/C17H18N2O2S/c1-12(22-16-7-2-3-10-19(16)21)17(20)18-15-9-8-13-5-4-6-14(13)11-15/h2-3,7-12H,4-6H2,1H3,(H,18,20)/t12-/m0/s1. The Morgan fingerprint density at radius 3 is 2.91 bits per heavy atom. The zero-order valence-electron chi connectivity index (χ0n) is 12.4. The van der Waals surface area contributed by atoms with Crippen molar-refractivity contribution in [3.05, 3.63) is 58.9 Å². The molecule has 0 aliphatic heterocycles. The van der Waals surface area contributed by atoms with Crippen LogP contribution in [0.2, 0.25) is 0 Å². The topological polar surface area (TPSA) is 56.0 Å². The van der Waals surface area contributed by atoms with Gasteiger partial charge in [-0.1, -0.05) is 6.07 Å². The molecule has 5 heteroatoms. The smallest absolute Gasteiger partial charge is 0.252 e. The zero-order valence-corrected chi connectivity index (χ0v) is 13.2. The van der Waals surface area contributed by atoms with Crippen LogP contribution >= 0.6 is 11.8 Å². The highest BCUT2D eigenvalue weighted by Gasteiger charge is 2.19. The van der Waals surface area contributed by atoms with Crippen molar-refractivity contribution < 1.29 is 9.52 Å². The van der Waals surface area contributed by atoms with Crippen molar-refractivity contribution in [2.45, 2.75) is 36.5 Å². The quantitative estimate of drug-likeness (QED) is 0.536. The molecule has 2 aromatic rings. The molecule has 1 heterocycles. The number of nitrogens with one attached hydrogen (secondary N) is 1. The summed E-state index contributed by atoms with van der Waals surface area (Å²) in [5.41, 5.74) is 3.55. The first-order valence-corrected chi connectivity index (χ1v) is 8.29. The maximum absolute atomic E-state index is 12.3. The van der Waals surface area contributed by atoms with Crippen molar-refractivity contribution in [3.8, 4) is 0 Å². The van der Waals surface area contributed by atoms with Crippen molar-refractivity contribution in [1.29, 1.82) is 0 Å². The van der Waals surface area contributed by atoms with E-state index in [2.05, 4.69) is 17.4 Å². The molecule has 1 aliphatic carbocycles. The number of anilines is 1. The van der Waals surface area contributed by atoms with Gasteiger partial charge < -0.3 is 10.5 Å². The summed E-state index contributed by atoms with van der Waals surface area (Å²) in [6, 6.07) is 11.3. The number of amides is 1. The van der Waals surface area contributed by atoms with Gasteiger partial charge in [-0.15, -0.1) is 0 Å². The third-order valence-electron chi connectivity index (χ3n) is 3.82. The van der Waals surface area contributed by atoms with Gasteiger partial charge >= 0.3 is 0 Å². The third-order valence-corrected chi connectivity index (χ3v) is 4.95. The fraction of sp³-hybridized carbons (Fsp3) is 0.294. The van der Waals surface area contributed by atoms with E-state index in [4.69, 9.17) is 0 Å². The van der Waals surface area contributed by atoms with Crippen LogP contribution in [-0.4, -0.2) is 11.2 Å². The van der Waals surface area contributed by atoms with E-state index in [1.165, 1.54) is 35.5 Å². The van der Waals surface area contributed by atoms with Gasteiger partial charge in [0.25, 0.3) is 5.03 Å². The largest absolute Gasteiger partial charge is 0.618 e. The predicted molar refractivity (Wildman–Crippen MR) is 87.8 cm³/mol. The van der Waals surface area contributed by atoms with Crippen LogP contribution in [0.15, 0.2) is 47.6 Å². The normalized spacial score (nSPS) is 14.4. The van der Waals surface area contributed by atoms with E-state index in [0.717, 1.165) is 23.3 Å². The van der Waals surface area contributed by atoms with Gasteiger partial charge in [-0.05, 0) is 67.3 Å². The second-order valence-corrected chi connectivity index (χ2v) is 6.81. The van der Waals surface area contributed by atoms with E-state index < -0.39 is 0 Å². The van der Waals surface area contributed by atoms with Crippen LogP contribution in [0.3, 0.4) is 0 Å². The summed E-state index contributed by atoms with van der Waals surface area (Å²) in [4.78, 5) is 12.3. The minimum atomic E-state index is -0.337. The van der Waals surface area contributed by atoms with Crippen molar-refractivity contribution in [3.63, 3.8) is 0 Å². The number of aryl methyl sites for hydroxylation is 2. The second-order valence-electron chi connectivity index (χ2n) is 5.45. The van der Waals surface area contributed by atoms with E-state index in [9.17, 15) is 10.0 Å². The van der Waals surface area contributed by atoms with Crippen LogP contribution < -0.4 is 10.0 Å². The fourth-order valence-corrected chi connectivity index (χ4v) is 3.48. The molecule has 1 aromatic carbocycles. The first-order chi connectivity index (χ1) is 10.6. The van der Waals surface area contributed by atoms with Gasteiger partial charge in [0, 0.05) is 17.8 Å². The number of rotatable bonds is 4. The highest BCUT2D eigenvalue weighted by Crippen LogP contribution is 2.26. The van der Waals surface area contributed by atoms with Crippen molar-refractivity contribution >= 4 is 23.4 Å². The maximum Gasteiger partial charge on any atom is 0.252 e. The Hall–Kier alpha value is -2.01. The fourth-order valence-electron chi connectivity index (χ4n) is 2.63. The summed E-state index contributed by atoms with van der Waals surface area (Å²) < 4.78 is 0.782. The number of pyridine rings is 1. The number of carbonyl (C=O) groups is 1. The van der Waals surface area contributed by atoms with Gasteiger partial charge in [0.1, 0.15) is 0 Å². The lowest BCUT2D eigenvalue weighted by molar-refractivity contribution is -0.645. The molecule has 1 N–H and O–H groups in total. The molecule has 0 saturated carbocycles. The lowest BCUT2D eigenvalue weighted by atomic mass is 10.1. The summed E-state index contributed by atoms with van der Waals surface area (Å²) in [6.07, 6.45) is 4.85. The van der Waals surface area contributed by atoms with Crippen LogP contribution in [-0.2, 0) is 17.6 Å². The van der Waals surface area contributed by atoms with Crippen LogP contribution in [0.4, 0.5) is 5.69 Å². The maximum atomic E-state index is 12.3. The lowest BCUT2D eigenvalue weighted by Gasteiger charge is -2.12. The van der Waals surface area contributed by atoms with Crippen molar-refractivity contribution in [2.24, 2.45) is 0 Å². The number of benzene rings is 1. The number of aromatic nitrogens is 1. The summed E-state index contributed by atoms with van der Waals surface area (Å²) in [5, 5.41) is 14.8. The Labute approximate surface area is 134 Å². The van der Waals surface area contributed by atoms with E-state index >= 15 is 0 Å². The van der Waals surface area contributed by atoms with E-state index in [0.29, 0.717) is 5.03 Å². The molecule has 0 radical (unpaired) electrons. The SMILES string of the molecule is C[C@H](Sc1cccc[n+]1[O-])C(=O)Nc1ccc2c(c1)CCC2. The molecule has 3 rings (SSSR count). The van der Waals surface area contributed by atoms with Crippen molar-refractivity contribution in [2.75, 3.05) is 5.32 Å². The Morgan fingerprint density at radius 1 is 1.27 bits per heavy atom. The van der Waals surface area contributed by atoms with Gasteiger partial charge in [-0.3, -0.25) is 4.79 Å². The summed E-state index contributed by atoms with van der Waals surface area (Å²) in [7, 11) is 0. The van der Waals surface area contributed by atoms with Gasteiger partial charge in [-0.2, -0.15) is 4.73 Å². The van der Waals surface area contributed by atoms with E-state index in [1.807, 2.05) is 6.07 Å². The predicted octanol–water partition coefficient (Wildman–Crippen LogP) is 2.93. The van der Waals surface area contributed by atoms with Gasteiger partial charge in [0.05, 0.1) is 5.25 Å². The monoisotopic (exact) mass is 314 g/mol. The second kappa shape index (κ2) is 6.40. The lowest BCUT2D eigenvalue weighted by Crippen LogP contribution is -2.30. The number of hydrogen-bond donors (Lipinski definition) is 1. The summed E-state index contributed by atoms with van der Waals surface area (Å²) in [5.74, 6) is -0.0909. The summed E-state index contributed by atoms with van der Waals surface area (Å²) in [6.45, 7) is 1.81. The highest BCUT2D eigenvalue weighted by molar-refractivity contribution is 8.00. The molecular formula is C17H18N2O2S. The average molecular weight is 314 g/mol. The molecule has 1 aromatic heterocycles. The molecule has 4 nitrogen and oxygen atoms in total. The van der Waals surface area contributed by atoms with Gasteiger partial charge in [-0.25, -0.2) is 0 Å². The molecule has 1 atom stereocenters. The third kappa shape index (κ3) is 3.25. The Kier molecular flexibility index (Phi) is 4.34. The minimum Gasteiger partial charge on any atom is -0.618 e. The van der Waals surface area contributed by atoms with E-state index in [1.54, 1.807) is 25.1 Å². The Bertz CT molecular complexity index is 703. The molecule has 0 fully saturated rings. The zero-order chi connectivity index (χ0) is 15.5. The minimum absolute atomic E-state index is 0.0909. The van der Waals surface area contributed by atoms with Crippen LogP contribution in [0, 0.1) is 5.21 Å². The number of carbonyl (C=O) groups excluding carboxylic acids is 1. The number of thioether (sulfide) groups is 1. The first-order valence-electron chi connectivity index (χ1n) is 7.41. The molecule has 1 aliphatic rings. The number of hydrogen-bond acceptors (Lipinski definition) is 3. The number of nitrogens with zero attached hydrogens (tertiary/aromatic N) is 1. The molecule has 1 amide bonds. The van der Waals surface area contributed by atoms with E-state index in [-0.39, 0.29) is 11.2 Å². The van der Waals surface area contributed by atoms with Crippen molar-refractivity contribution in [1.82, 2.24) is 0 Å². The molecule has 0 spiro atoms. The Balaban J connectivity index is 1.65. The molecule has 0 bridgehead atoms. The molecule has 0 unspecified atom stereocenters. The van der Waals surface area contributed by atoms with Crippen LogP contribution in [0.1, 0.15) is 24.5 Å². The highest BCUT2D eigenvalue weighted by atomic mass is 32.2. The molecule has 0 saturated heterocycles. The Morgan fingerprint density at radius 2 is 2.09 bits per heavy atom. The summed E-state index contributed by atoms with van der Waals surface area (Å²) >= 11 is 1.26. The van der Waals surface area contributed by atoms with Crippen LogP contribution in [0.5, 0.6) is 0 Å². The molecular weight excluding hydrogens is 296 g/mol.